The molecule has 3 nitrogen and oxygen atoms in total. The highest BCUT2D eigenvalue weighted by molar-refractivity contribution is 4.84. The van der Waals surface area contributed by atoms with Gasteiger partial charge in [-0.15, -0.1) is 0 Å². The van der Waals surface area contributed by atoms with Gasteiger partial charge in [0.05, 0.1) is 19.0 Å². The van der Waals surface area contributed by atoms with Crippen LogP contribution in [0.3, 0.4) is 0 Å². The number of nitrogens with zero attached hydrogens (tertiary/aromatic N) is 3. The SMILES string of the molecule is CCC[n+]1ccn(CCC#N)c1CC. The lowest BCUT2D eigenvalue weighted by molar-refractivity contribution is -0.703. The van der Waals surface area contributed by atoms with Gasteiger partial charge in [-0.1, -0.05) is 13.8 Å². The Balaban J connectivity index is 2.79. The smallest absolute Gasteiger partial charge is 0.234 e. The molecule has 0 aliphatic rings. The molecule has 1 aromatic rings. The van der Waals surface area contributed by atoms with Crippen molar-refractivity contribution in [2.75, 3.05) is 0 Å². The number of hydrogen-bond acceptors (Lipinski definition) is 1. The normalized spacial score (nSPS) is 10.1. The van der Waals surface area contributed by atoms with Gasteiger partial charge in [0, 0.05) is 6.42 Å². The lowest BCUT2D eigenvalue weighted by atomic mass is 10.4. The third-order valence-electron chi connectivity index (χ3n) is 2.33. The molecular weight excluding hydrogens is 174 g/mol. The van der Waals surface area contributed by atoms with Crippen LogP contribution in [0.4, 0.5) is 0 Å². The quantitative estimate of drug-likeness (QED) is 0.653. The van der Waals surface area contributed by atoms with Gasteiger partial charge in [0.25, 0.3) is 5.82 Å². The molecule has 0 spiro atoms. The van der Waals surface area contributed by atoms with Gasteiger partial charge < -0.3 is 0 Å². The number of aromatic nitrogens is 2. The van der Waals surface area contributed by atoms with Crippen molar-refractivity contribution in [1.82, 2.24) is 4.57 Å². The van der Waals surface area contributed by atoms with Crippen LogP contribution < -0.4 is 4.57 Å². The van der Waals surface area contributed by atoms with Crippen LogP contribution in [-0.4, -0.2) is 4.57 Å². The van der Waals surface area contributed by atoms with Crippen LogP contribution in [0, 0.1) is 11.3 Å². The maximum Gasteiger partial charge on any atom is 0.256 e. The molecule has 0 fully saturated rings. The molecule has 1 aromatic heterocycles. The fourth-order valence-electron chi connectivity index (χ4n) is 1.72. The molecule has 0 aliphatic heterocycles. The number of rotatable bonds is 5. The van der Waals surface area contributed by atoms with Crippen LogP contribution in [0.2, 0.25) is 0 Å². The van der Waals surface area contributed by atoms with E-state index in [9.17, 15) is 0 Å². The number of imidazole rings is 1. The monoisotopic (exact) mass is 192 g/mol. The summed E-state index contributed by atoms with van der Waals surface area (Å²) in [6.07, 6.45) is 6.96. The molecule has 0 atom stereocenters. The van der Waals surface area contributed by atoms with Gasteiger partial charge in [-0.05, 0) is 6.42 Å². The highest BCUT2D eigenvalue weighted by Gasteiger charge is 2.13. The van der Waals surface area contributed by atoms with E-state index >= 15 is 0 Å². The summed E-state index contributed by atoms with van der Waals surface area (Å²) in [4.78, 5) is 0. The van der Waals surface area contributed by atoms with E-state index in [1.54, 1.807) is 0 Å². The molecule has 1 rings (SSSR count). The van der Waals surface area contributed by atoms with Crippen molar-refractivity contribution in [2.45, 2.75) is 46.2 Å². The van der Waals surface area contributed by atoms with E-state index in [-0.39, 0.29) is 0 Å². The van der Waals surface area contributed by atoms with Gasteiger partial charge in [0.2, 0.25) is 0 Å². The number of aryl methyl sites for hydroxylation is 2. The van der Waals surface area contributed by atoms with Crippen LogP contribution in [0.25, 0.3) is 0 Å². The Kier molecular flexibility index (Phi) is 4.18. The third kappa shape index (κ3) is 2.35. The summed E-state index contributed by atoms with van der Waals surface area (Å²) < 4.78 is 4.45. The second-order valence-corrected chi connectivity index (χ2v) is 3.36. The molecule has 0 aromatic carbocycles. The molecule has 0 radical (unpaired) electrons. The van der Waals surface area contributed by atoms with Crippen molar-refractivity contribution in [2.24, 2.45) is 0 Å². The topological polar surface area (TPSA) is 32.6 Å². The fourth-order valence-corrected chi connectivity index (χ4v) is 1.72. The summed E-state index contributed by atoms with van der Waals surface area (Å²) in [5.74, 6) is 1.32. The zero-order valence-corrected chi connectivity index (χ0v) is 9.03. The molecule has 0 saturated carbocycles. The zero-order chi connectivity index (χ0) is 10.4. The van der Waals surface area contributed by atoms with E-state index in [0.29, 0.717) is 6.42 Å². The van der Waals surface area contributed by atoms with E-state index in [4.69, 9.17) is 5.26 Å². The van der Waals surface area contributed by atoms with Crippen molar-refractivity contribution in [3.05, 3.63) is 18.2 Å². The van der Waals surface area contributed by atoms with E-state index in [0.717, 1.165) is 25.9 Å². The first-order chi connectivity index (χ1) is 6.83. The number of hydrogen-bond donors (Lipinski definition) is 0. The predicted octanol–water partition coefficient (Wildman–Crippen LogP) is 1.66. The Bertz CT molecular complexity index is 320. The maximum atomic E-state index is 8.53. The first-order valence-corrected chi connectivity index (χ1v) is 5.27. The van der Waals surface area contributed by atoms with Gasteiger partial charge in [-0.2, -0.15) is 5.26 Å². The molecule has 0 bridgehead atoms. The molecule has 0 unspecified atom stereocenters. The summed E-state index contributed by atoms with van der Waals surface area (Å²) in [5, 5.41) is 8.53. The average Bonchev–Trinajstić information content (AvgIpc) is 2.58. The third-order valence-corrected chi connectivity index (χ3v) is 2.33. The molecule has 1 heterocycles. The minimum absolute atomic E-state index is 0.591. The summed E-state index contributed by atoms with van der Waals surface area (Å²) >= 11 is 0. The van der Waals surface area contributed by atoms with Gasteiger partial charge in [-0.25, -0.2) is 9.13 Å². The van der Waals surface area contributed by atoms with Gasteiger partial charge in [0.15, 0.2) is 0 Å². The van der Waals surface area contributed by atoms with Crippen molar-refractivity contribution in [3.8, 4) is 6.07 Å². The van der Waals surface area contributed by atoms with Crippen molar-refractivity contribution in [1.29, 1.82) is 5.26 Å². The molecule has 0 N–H and O–H groups in total. The average molecular weight is 192 g/mol. The summed E-state index contributed by atoms with van der Waals surface area (Å²) in [6, 6.07) is 2.18. The highest BCUT2D eigenvalue weighted by atomic mass is 15.1. The van der Waals surface area contributed by atoms with Gasteiger partial charge in [0.1, 0.15) is 18.9 Å². The summed E-state index contributed by atoms with van der Waals surface area (Å²) in [5.41, 5.74) is 0. The lowest BCUT2D eigenvalue weighted by Gasteiger charge is -2.00. The molecule has 0 amide bonds. The molecule has 3 heteroatoms. The van der Waals surface area contributed by atoms with Crippen molar-refractivity contribution >= 4 is 0 Å². The maximum absolute atomic E-state index is 8.53. The van der Waals surface area contributed by atoms with E-state index < -0.39 is 0 Å². The highest BCUT2D eigenvalue weighted by Crippen LogP contribution is 1.99. The molecule has 0 saturated heterocycles. The Morgan fingerprint density at radius 2 is 2.29 bits per heavy atom. The van der Waals surface area contributed by atoms with Gasteiger partial charge in [-0.3, -0.25) is 0 Å². The van der Waals surface area contributed by atoms with Crippen LogP contribution in [0.5, 0.6) is 0 Å². The lowest BCUT2D eigenvalue weighted by Crippen LogP contribution is -2.36. The second-order valence-electron chi connectivity index (χ2n) is 3.36. The van der Waals surface area contributed by atoms with Crippen LogP contribution in [-0.2, 0) is 19.5 Å². The minimum atomic E-state index is 0.591. The largest absolute Gasteiger partial charge is 0.256 e. The minimum Gasteiger partial charge on any atom is -0.234 e. The van der Waals surface area contributed by atoms with Crippen molar-refractivity contribution in [3.63, 3.8) is 0 Å². The van der Waals surface area contributed by atoms with E-state index in [1.807, 2.05) is 0 Å². The summed E-state index contributed by atoms with van der Waals surface area (Å²) in [6.45, 7) is 6.22. The van der Waals surface area contributed by atoms with Gasteiger partial charge >= 0.3 is 0 Å². The molecule has 76 valence electrons. The van der Waals surface area contributed by atoms with Crippen molar-refractivity contribution < 1.29 is 4.57 Å². The van der Waals surface area contributed by atoms with Crippen LogP contribution >= 0.6 is 0 Å². The Hall–Kier alpha value is -1.30. The fraction of sp³-hybridized carbons (Fsp3) is 0.636. The molecular formula is C11H18N3+. The number of nitriles is 1. The van der Waals surface area contributed by atoms with E-state index in [1.165, 1.54) is 5.82 Å². The van der Waals surface area contributed by atoms with Crippen LogP contribution in [0.1, 0.15) is 32.5 Å². The second kappa shape index (κ2) is 5.43. The Morgan fingerprint density at radius 3 is 2.86 bits per heavy atom. The van der Waals surface area contributed by atoms with E-state index in [2.05, 4.69) is 41.4 Å². The first kappa shape index (κ1) is 10.8. The zero-order valence-electron chi connectivity index (χ0n) is 9.03. The summed E-state index contributed by atoms with van der Waals surface area (Å²) in [7, 11) is 0. The molecule has 14 heavy (non-hydrogen) atoms. The standard InChI is InChI=1S/C11H18N3/c1-3-7-13-9-10-14(8-5-6-12)11(13)4-2/h9-10H,3-5,7-8H2,1-2H3/q+1. The molecule has 0 aliphatic carbocycles. The predicted molar refractivity (Wildman–Crippen MR) is 54.5 cm³/mol. The first-order valence-electron chi connectivity index (χ1n) is 5.27. The Morgan fingerprint density at radius 1 is 1.50 bits per heavy atom. The Labute approximate surface area is 85.6 Å². The van der Waals surface area contributed by atoms with Crippen LogP contribution in [0.15, 0.2) is 12.4 Å².